The maximum atomic E-state index is 10.4. The minimum atomic E-state index is -0.790. The summed E-state index contributed by atoms with van der Waals surface area (Å²) in [5.41, 5.74) is 2.73. The molecule has 1 aromatic rings. The van der Waals surface area contributed by atoms with Crippen molar-refractivity contribution < 1.29 is 14.6 Å². The topological polar surface area (TPSA) is 49.8 Å². The van der Waals surface area contributed by atoms with E-state index in [1.54, 1.807) is 0 Å². The van der Waals surface area contributed by atoms with Crippen molar-refractivity contribution in [2.45, 2.75) is 38.8 Å². The fraction of sp³-hybridized carbons (Fsp3) is 0.562. The van der Waals surface area contributed by atoms with E-state index in [0.717, 1.165) is 32.5 Å². The predicted octanol–water partition coefficient (Wildman–Crippen LogP) is 2.45. The number of ether oxygens (including phenoxy) is 1. The van der Waals surface area contributed by atoms with Gasteiger partial charge in [-0.15, -0.1) is 0 Å². The molecule has 0 unspecified atom stereocenters. The largest absolute Gasteiger partial charge is 0.481 e. The molecule has 4 nitrogen and oxygen atoms in total. The summed E-state index contributed by atoms with van der Waals surface area (Å²) in [6, 6.07) is 8.49. The molecule has 0 aromatic heterocycles. The highest BCUT2D eigenvalue weighted by Gasteiger charge is 2.20. The van der Waals surface area contributed by atoms with E-state index in [1.807, 2.05) is 0 Å². The molecule has 0 aliphatic carbocycles. The Morgan fingerprint density at radius 3 is 2.70 bits per heavy atom. The van der Waals surface area contributed by atoms with E-state index in [1.165, 1.54) is 11.1 Å². The van der Waals surface area contributed by atoms with Gasteiger partial charge < -0.3 is 9.84 Å². The average molecular weight is 277 g/mol. The van der Waals surface area contributed by atoms with Gasteiger partial charge in [-0.1, -0.05) is 24.3 Å². The maximum absolute atomic E-state index is 10.4. The van der Waals surface area contributed by atoms with Gasteiger partial charge in [-0.05, 0) is 30.9 Å². The van der Waals surface area contributed by atoms with Crippen LogP contribution in [0, 0.1) is 6.92 Å². The van der Waals surface area contributed by atoms with Crippen molar-refractivity contribution in [3.63, 3.8) is 0 Å². The molecule has 1 saturated heterocycles. The third kappa shape index (κ3) is 4.62. The molecule has 1 aliphatic rings. The van der Waals surface area contributed by atoms with Gasteiger partial charge in [0.1, 0.15) is 0 Å². The molecule has 1 fully saturated rings. The molecule has 1 aliphatic heterocycles. The summed E-state index contributed by atoms with van der Waals surface area (Å²) in [5.74, 6) is -0.790. The van der Waals surface area contributed by atoms with Gasteiger partial charge in [0.25, 0.3) is 0 Å². The lowest BCUT2D eigenvalue weighted by atomic mass is 10.0. The number of carboxylic acid groups (broad SMARTS) is 1. The monoisotopic (exact) mass is 277 g/mol. The lowest BCUT2D eigenvalue weighted by molar-refractivity contribution is -0.138. The molecule has 1 heterocycles. The fourth-order valence-electron chi connectivity index (χ4n) is 2.58. The molecule has 1 N–H and O–H groups in total. The number of nitrogens with zero attached hydrogens (tertiary/aromatic N) is 1. The lowest BCUT2D eigenvalue weighted by Crippen LogP contribution is -2.36. The van der Waals surface area contributed by atoms with Crippen molar-refractivity contribution in [2.24, 2.45) is 0 Å². The van der Waals surface area contributed by atoms with Gasteiger partial charge in [-0.3, -0.25) is 9.69 Å². The highest BCUT2D eigenvalue weighted by Crippen LogP contribution is 2.18. The molecule has 0 radical (unpaired) electrons. The van der Waals surface area contributed by atoms with Crippen molar-refractivity contribution in [2.75, 3.05) is 19.7 Å². The van der Waals surface area contributed by atoms with Crippen LogP contribution in [-0.2, 0) is 16.1 Å². The highest BCUT2D eigenvalue weighted by molar-refractivity contribution is 5.66. The fourth-order valence-corrected chi connectivity index (χ4v) is 2.58. The van der Waals surface area contributed by atoms with Crippen LogP contribution in [0.15, 0.2) is 24.3 Å². The molecule has 0 spiro atoms. The number of hydrogen-bond acceptors (Lipinski definition) is 3. The Bertz CT molecular complexity index is 439. The van der Waals surface area contributed by atoms with Crippen LogP contribution in [0.2, 0.25) is 0 Å². The summed E-state index contributed by atoms with van der Waals surface area (Å²) >= 11 is 0. The van der Waals surface area contributed by atoms with Gasteiger partial charge in [-0.25, -0.2) is 0 Å². The molecule has 110 valence electrons. The first kappa shape index (κ1) is 15.0. The van der Waals surface area contributed by atoms with E-state index < -0.39 is 5.97 Å². The van der Waals surface area contributed by atoms with E-state index >= 15 is 0 Å². The van der Waals surface area contributed by atoms with Crippen molar-refractivity contribution in [1.82, 2.24) is 4.90 Å². The smallest absolute Gasteiger partial charge is 0.305 e. The summed E-state index contributed by atoms with van der Waals surface area (Å²) in [6.45, 7) is 5.52. The number of rotatable bonds is 6. The SMILES string of the molecule is Cc1ccccc1CN1CCC(OCCC(=O)O)CC1. The van der Waals surface area contributed by atoms with Crippen LogP contribution in [-0.4, -0.2) is 41.8 Å². The van der Waals surface area contributed by atoms with Crippen LogP contribution in [0.3, 0.4) is 0 Å². The number of aliphatic carboxylic acids is 1. The second kappa shape index (κ2) is 7.41. The predicted molar refractivity (Wildman–Crippen MR) is 77.7 cm³/mol. The van der Waals surface area contributed by atoms with Crippen molar-refractivity contribution in [3.05, 3.63) is 35.4 Å². The van der Waals surface area contributed by atoms with Crippen LogP contribution >= 0.6 is 0 Å². The van der Waals surface area contributed by atoms with Crippen LogP contribution < -0.4 is 0 Å². The Labute approximate surface area is 120 Å². The Morgan fingerprint density at radius 1 is 1.35 bits per heavy atom. The summed E-state index contributed by atoms with van der Waals surface area (Å²) in [4.78, 5) is 12.9. The minimum Gasteiger partial charge on any atom is -0.481 e. The Hall–Kier alpha value is -1.39. The Kier molecular flexibility index (Phi) is 5.56. The third-order valence-corrected chi connectivity index (χ3v) is 3.86. The third-order valence-electron chi connectivity index (χ3n) is 3.86. The number of carbonyl (C=O) groups is 1. The number of hydrogen-bond donors (Lipinski definition) is 1. The van der Waals surface area contributed by atoms with E-state index in [2.05, 4.69) is 36.1 Å². The zero-order valence-corrected chi connectivity index (χ0v) is 12.0. The minimum absolute atomic E-state index is 0.101. The normalized spacial score (nSPS) is 17.2. The number of carboxylic acids is 1. The Balaban J connectivity index is 1.72. The molecular formula is C16H23NO3. The zero-order valence-electron chi connectivity index (χ0n) is 12.0. The zero-order chi connectivity index (χ0) is 14.4. The maximum Gasteiger partial charge on any atom is 0.305 e. The van der Waals surface area contributed by atoms with Gasteiger partial charge in [0, 0.05) is 19.6 Å². The molecule has 0 atom stereocenters. The quantitative estimate of drug-likeness (QED) is 0.867. The summed E-state index contributed by atoms with van der Waals surface area (Å²) in [7, 11) is 0. The number of benzene rings is 1. The molecule has 0 amide bonds. The molecule has 2 rings (SSSR count). The molecule has 0 bridgehead atoms. The second-order valence-electron chi connectivity index (χ2n) is 5.42. The van der Waals surface area contributed by atoms with Crippen LogP contribution in [0.1, 0.15) is 30.4 Å². The summed E-state index contributed by atoms with van der Waals surface area (Å²) in [6.07, 6.45) is 2.31. The first-order valence-corrected chi connectivity index (χ1v) is 7.25. The second-order valence-corrected chi connectivity index (χ2v) is 5.42. The van der Waals surface area contributed by atoms with Crippen molar-refractivity contribution in [1.29, 1.82) is 0 Å². The lowest BCUT2D eigenvalue weighted by Gasteiger charge is -2.32. The number of aryl methyl sites for hydroxylation is 1. The van der Waals surface area contributed by atoms with Gasteiger partial charge in [0.2, 0.25) is 0 Å². The molecule has 1 aromatic carbocycles. The van der Waals surface area contributed by atoms with Crippen LogP contribution in [0.5, 0.6) is 0 Å². The average Bonchev–Trinajstić information content (AvgIpc) is 2.43. The first-order chi connectivity index (χ1) is 9.65. The van der Waals surface area contributed by atoms with Crippen molar-refractivity contribution in [3.8, 4) is 0 Å². The van der Waals surface area contributed by atoms with Crippen LogP contribution in [0.4, 0.5) is 0 Å². The van der Waals surface area contributed by atoms with Crippen molar-refractivity contribution >= 4 is 5.97 Å². The summed E-state index contributed by atoms with van der Waals surface area (Å²) < 4.78 is 5.61. The van der Waals surface area contributed by atoms with Gasteiger partial charge in [0.05, 0.1) is 19.1 Å². The molecular weight excluding hydrogens is 254 g/mol. The number of likely N-dealkylation sites (tertiary alicyclic amines) is 1. The molecule has 4 heteroatoms. The standard InChI is InChI=1S/C16H23NO3/c1-13-4-2-3-5-14(13)12-17-9-6-15(7-10-17)20-11-8-16(18)19/h2-5,15H,6-12H2,1H3,(H,18,19). The Morgan fingerprint density at radius 2 is 2.05 bits per heavy atom. The van der Waals surface area contributed by atoms with E-state index in [9.17, 15) is 4.79 Å². The molecule has 20 heavy (non-hydrogen) atoms. The highest BCUT2D eigenvalue weighted by atomic mass is 16.5. The van der Waals surface area contributed by atoms with Gasteiger partial charge in [0.15, 0.2) is 0 Å². The van der Waals surface area contributed by atoms with E-state index in [-0.39, 0.29) is 12.5 Å². The van der Waals surface area contributed by atoms with Crippen LogP contribution in [0.25, 0.3) is 0 Å². The number of piperidine rings is 1. The first-order valence-electron chi connectivity index (χ1n) is 7.25. The van der Waals surface area contributed by atoms with Gasteiger partial charge in [-0.2, -0.15) is 0 Å². The van der Waals surface area contributed by atoms with E-state index in [0.29, 0.717) is 6.61 Å². The van der Waals surface area contributed by atoms with Gasteiger partial charge >= 0.3 is 5.97 Å². The van der Waals surface area contributed by atoms with E-state index in [4.69, 9.17) is 9.84 Å². The summed E-state index contributed by atoms with van der Waals surface area (Å²) in [5, 5.41) is 8.59. The molecule has 0 saturated carbocycles.